The molecule has 0 bridgehead atoms. The molecule has 0 unspecified atom stereocenters. The van der Waals surface area contributed by atoms with E-state index in [4.69, 9.17) is 4.52 Å². The lowest BCUT2D eigenvalue weighted by Crippen LogP contribution is -2.50. The predicted octanol–water partition coefficient (Wildman–Crippen LogP) is 1.23. The second-order valence-corrected chi connectivity index (χ2v) is 7.86. The van der Waals surface area contributed by atoms with E-state index >= 15 is 0 Å². The lowest BCUT2D eigenvalue weighted by atomic mass is 10.2. The average Bonchev–Trinajstić information content (AvgIpc) is 3.18. The van der Waals surface area contributed by atoms with Crippen LogP contribution in [0.5, 0.6) is 0 Å². The van der Waals surface area contributed by atoms with Gasteiger partial charge in [-0.05, 0) is 19.1 Å². The van der Waals surface area contributed by atoms with Crippen molar-refractivity contribution in [1.82, 2.24) is 24.8 Å². The van der Waals surface area contributed by atoms with Crippen molar-refractivity contribution in [3.63, 3.8) is 0 Å². The van der Waals surface area contributed by atoms with Gasteiger partial charge in [0.05, 0.1) is 12.2 Å². The normalized spacial score (nSPS) is 18.9. The Kier molecular flexibility index (Phi) is 6.41. The molecular weight excluding hydrogens is 368 g/mol. The number of aromatic nitrogens is 2. The highest BCUT2D eigenvalue weighted by molar-refractivity contribution is 5.76. The number of amides is 1. The Morgan fingerprint density at radius 2 is 1.79 bits per heavy atom. The fourth-order valence-electron chi connectivity index (χ4n) is 4.02. The summed E-state index contributed by atoms with van der Waals surface area (Å²) in [5.74, 6) is 2.19. The molecule has 156 valence electrons. The van der Waals surface area contributed by atoms with Gasteiger partial charge < -0.3 is 19.2 Å². The van der Waals surface area contributed by atoms with Crippen LogP contribution in [-0.2, 0) is 11.3 Å². The van der Waals surface area contributed by atoms with Gasteiger partial charge in [-0.1, -0.05) is 11.2 Å². The smallest absolute Gasteiger partial charge is 0.223 e. The molecule has 2 aliphatic rings. The second kappa shape index (κ2) is 9.37. The van der Waals surface area contributed by atoms with E-state index in [0.717, 1.165) is 82.7 Å². The summed E-state index contributed by atoms with van der Waals surface area (Å²) in [7, 11) is 0. The molecule has 0 aliphatic carbocycles. The molecule has 2 fully saturated rings. The summed E-state index contributed by atoms with van der Waals surface area (Å²) in [6.07, 6.45) is 2.42. The minimum atomic E-state index is 0.269. The van der Waals surface area contributed by atoms with Crippen molar-refractivity contribution in [2.75, 3.05) is 63.8 Å². The van der Waals surface area contributed by atoms with Crippen molar-refractivity contribution in [2.24, 2.45) is 0 Å². The Bertz CT molecular complexity index is 779. The van der Waals surface area contributed by atoms with Crippen LogP contribution in [-0.4, -0.2) is 89.7 Å². The number of anilines is 1. The zero-order valence-corrected chi connectivity index (χ0v) is 17.2. The largest absolute Gasteiger partial charge is 0.360 e. The lowest BCUT2D eigenvalue weighted by Gasteiger charge is -2.37. The highest BCUT2D eigenvalue weighted by Gasteiger charge is 2.23. The minimum absolute atomic E-state index is 0.269. The van der Waals surface area contributed by atoms with Crippen LogP contribution in [0.1, 0.15) is 17.9 Å². The topological polar surface area (TPSA) is 69.0 Å². The summed E-state index contributed by atoms with van der Waals surface area (Å²) in [5, 5.41) is 3.95. The fraction of sp³-hybridized carbons (Fsp3) is 0.571. The van der Waals surface area contributed by atoms with Gasteiger partial charge in [-0.2, -0.15) is 0 Å². The highest BCUT2D eigenvalue weighted by Crippen LogP contribution is 2.14. The van der Waals surface area contributed by atoms with E-state index in [9.17, 15) is 4.79 Å². The first-order valence-corrected chi connectivity index (χ1v) is 10.5. The van der Waals surface area contributed by atoms with Gasteiger partial charge in [-0.25, -0.2) is 4.98 Å². The quantitative estimate of drug-likeness (QED) is 0.725. The zero-order valence-electron chi connectivity index (χ0n) is 17.2. The minimum Gasteiger partial charge on any atom is -0.360 e. The third-order valence-corrected chi connectivity index (χ3v) is 5.77. The number of carbonyl (C=O) groups is 1. The summed E-state index contributed by atoms with van der Waals surface area (Å²) < 4.78 is 5.31. The first-order valence-electron chi connectivity index (χ1n) is 10.5. The van der Waals surface area contributed by atoms with Crippen molar-refractivity contribution in [3.8, 4) is 0 Å². The van der Waals surface area contributed by atoms with Crippen LogP contribution in [0.3, 0.4) is 0 Å². The molecule has 4 rings (SSSR count). The molecule has 0 N–H and O–H groups in total. The van der Waals surface area contributed by atoms with E-state index < -0.39 is 0 Å². The standard InChI is InChI=1S/C21H30N6O2/c1-18-16-19(29-23-18)17-25-10-8-24(9-11-25)7-5-21(28)27-14-12-26(13-15-27)20-4-2-3-6-22-20/h2-4,6,16H,5,7-15,17H2,1H3. The molecular formula is C21H30N6O2. The van der Waals surface area contributed by atoms with Gasteiger partial charge in [0.15, 0.2) is 5.76 Å². The van der Waals surface area contributed by atoms with Crippen LogP contribution >= 0.6 is 0 Å². The number of hydrogen-bond acceptors (Lipinski definition) is 7. The Morgan fingerprint density at radius 3 is 2.45 bits per heavy atom. The molecule has 2 aromatic rings. The van der Waals surface area contributed by atoms with Crippen LogP contribution < -0.4 is 4.90 Å². The number of pyridine rings is 1. The third-order valence-electron chi connectivity index (χ3n) is 5.77. The van der Waals surface area contributed by atoms with Crippen molar-refractivity contribution in [2.45, 2.75) is 19.9 Å². The summed E-state index contributed by atoms with van der Waals surface area (Å²) in [6.45, 7) is 10.8. The lowest BCUT2D eigenvalue weighted by molar-refractivity contribution is -0.131. The molecule has 8 nitrogen and oxygen atoms in total. The van der Waals surface area contributed by atoms with E-state index in [0.29, 0.717) is 6.42 Å². The van der Waals surface area contributed by atoms with Crippen LogP contribution in [0.15, 0.2) is 35.0 Å². The summed E-state index contributed by atoms with van der Waals surface area (Å²) in [4.78, 5) is 26.1. The predicted molar refractivity (Wildman–Crippen MR) is 111 cm³/mol. The second-order valence-electron chi connectivity index (χ2n) is 7.86. The summed E-state index contributed by atoms with van der Waals surface area (Å²) in [6, 6.07) is 7.96. The van der Waals surface area contributed by atoms with Gasteiger partial charge in [0, 0.05) is 77.6 Å². The Balaban J connectivity index is 1.14. The fourth-order valence-corrected chi connectivity index (χ4v) is 4.02. The third kappa shape index (κ3) is 5.33. The Hall–Kier alpha value is -2.45. The number of hydrogen-bond donors (Lipinski definition) is 0. The van der Waals surface area contributed by atoms with Gasteiger partial charge in [0.1, 0.15) is 5.82 Å². The Morgan fingerprint density at radius 1 is 1.03 bits per heavy atom. The zero-order chi connectivity index (χ0) is 20.1. The van der Waals surface area contributed by atoms with Crippen LogP contribution in [0.2, 0.25) is 0 Å². The molecule has 2 aromatic heterocycles. The van der Waals surface area contributed by atoms with Gasteiger partial charge in [0.2, 0.25) is 5.91 Å². The van der Waals surface area contributed by atoms with Crippen LogP contribution in [0.25, 0.3) is 0 Å². The highest BCUT2D eigenvalue weighted by atomic mass is 16.5. The Labute approximate surface area is 172 Å². The molecule has 2 saturated heterocycles. The average molecular weight is 399 g/mol. The van der Waals surface area contributed by atoms with Crippen molar-refractivity contribution >= 4 is 11.7 Å². The molecule has 1 amide bonds. The molecule has 2 aliphatic heterocycles. The number of carbonyl (C=O) groups excluding carboxylic acids is 1. The molecule has 0 atom stereocenters. The summed E-state index contributed by atoms with van der Waals surface area (Å²) in [5.41, 5.74) is 0.929. The van der Waals surface area contributed by atoms with Crippen molar-refractivity contribution < 1.29 is 9.32 Å². The summed E-state index contributed by atoms with van der Waals surface area (Å²) >= 11 is 0. The van der Waals surface area contributed by atoms with Gasteiger partial charge in [0.25, 0.3) is 0 Å². The molecule has 0 radical (unpaired) electrons. The monoisotopic (exact) mass is 398 g/mol. The van der Waals surface area contributed by atoms with Gasteiger partial charge in [-0.15, -0.1) is 0 Å². The maximum atomic E-state index is 12.6. The van der Waals surface area contributed by atoms with Crippen molar-refractivity contribution in [3.05, 3.63) is 41.9 Å². The van der Waals surface area contributed by atoms with Gasteiger partial charge in [-0.3, -0.25) is 9.69 Å². The number of aryl methyl sites for hydroxylation is 1. The van der Waals surface area contributed by atoms with Crippen LogP contribution in [0.4, 0.5) is 5.82 Å². The number of rotatable bonds is 6. The van der Waals surface area contributed by atoms with E-state index in [2.05, 4.69) is 24.8 Å². The molecule has 29 heavy (non-hydrogen) atoms. The number of nitrogens with zero attached hydrogens (tertiary/aromatic N) is 6. The van der Waals surface area contributed by atoms with Gasteiger partial charge >= 0.3 is 0 Å². The first kappa shape index (κ1) is 19.8. The van der Waals surface area contributed by atoms with E-state index in [1.165, 1.54) is 0 Å². The first-order chi connectivity index (χ1) is 14.2. The maximum absolute atomic E-state index is 12.6. The molecule has 0 aromatic carbocycles. The van der Waals surface area contributed by atoms with E-state index in [1.807, 2.05) is 42.3 Å². The van der Waals surface area contributed by atoms with Crippen LogP contribution in [0, 0.1) is 6.92 Å². The maximum Gasteiger partial charge on any atom is 0.223 e. The molecule has 4 heterocycles. The molecule has 8 heteroatoms. The van der Waals surface area contributed by atoms with Crippen molar-refractivity contribution in [1.29, 1.82) is 0 Å². The van der Waals surface area contributed by atoms with E-state index in [-0.39, 0.29) is 5.91 Å². The number of piperazine rings is 2. The molecule has 0 spiro atoms. The molecule has 0 saturated carbocycles. The SMILES string of the molecule is Cc1cc(CN2CCN(CCC(=O)N3CCN(c4ccccn4)CC3)CC2)on1. The van der Waals surface area contributed by atoms with E-state index in [1.54, 1.807) is 0 Å².